The fraction of sp³-hybridized carbons (Fsp3) is 0.909. The second kappa shape index (κ2) is 4.10. The smallest absolute Gasteiger partial charge is 0.338 e. The molecule has 0 aromatic rings. The molecule has 86 valence electrons. The number of hydrogen-bond donors (Lipinski definition) is 0. The molecule has 2 heterocycles. The molecule has 0 radical (unpaired) electrons. The first-order chi connectivity index (χ1) is 7.18. The van der Waals surface area contributed by atoms with E-state index in [4.69, 9.17) is 14.2 Å². The Kier molecular flexibility index (Phi) is 2.98. The third-order valence-electron chi connectivity index (χ3n) is 3.15. The van der Waals surface area contributed by atoms with Crippen LogP contribution in [0.3, 0.4) is 0 Å². The van der Waals surface area contributed by atoms with Crippen LogP contribution in [0.15, 0.2) is 0 Å². The molecule has 0 bridgehead atoms. The molecule has 3 atom stereocenters. The topological polar surface area (TPSA) is 48.1 Å². The van der Waals surface area contributed by atoms with E-state index in [1.165, 1.54) is 0 Å². The molecule has 15 heavy (non-hydrogen) atoms. The molecule has 0 aromatic heterocycles. The zero-order chi connectivity index (χ0) is 10.9. The van der Waals surface area contributed by atoms with E-state index in [1.54, 1.807) is 6.92 Å². The Morgan fingerprint density at radius 3 is 2.93 bits per heavy atom. The van der Waals surface area contributed by atoms with Gasteiger partial charge in [0.2, 0.25) is 0 Å². The number of carbonyl (C=O) groups is 1. The third-order valence-corrected chi connectivity index (χ3v) is 3.15. The number of ether oxygens (including phenoxy) is 3. The van der Waals surface area contributed by atoms with Crippen molar-refractivity contribution in [3.63, 3.8) is 0 Å². The molecule has 3 unspecified atom stereocenters. The van der Waals surface area contributed by atoms with Crippen LogP contribution in [0, 0.1) is 0 Å². The lowest BCUT2D eigenvalue weighted by Gasteiger charge is -2.25. The number of epoxide rings is 1. The van der Waals surface area contributed by atoms with E-state index in [2.05, 4.69) is 0 Å². The Hall–Kier alpha value is -0.610. The van der Waals surface area contributed by atoms with E-state index >= 15 is 0 Å². The maximum Gasteiger partial charge on any atom is 0.338 e. The van der Waals surface area contributed by atoms with E-state index in [1.807, 2.05) is 6.92 Å². The van der Waals surface area contributed by atoms with Crippen molar-refractivity contribution in [3.8, 4) is 0 Å². The molecule has 0 amide bonds. The molecule has 2 fully saturated rings. The summed E-state index contributed by atoms with van der Waals surface area (Å²) in [7, 11) is 0. The average molecular weight is 214 g/mol. The molecule has 2 aliphatic heterocycles. The lowest BCUT2D eigenvalue weighted by Crippen LogP contribution is -2.36. The summed E-state index contributed by atoms with van der Waals surface area (Å²) in [6.07, 6.45) is 2.88. The van der Waals surface area contributed by atoms with Crippen molar-refractivity contribution >= 4 is 5.97 Å². The maximum absolute atomic E-state index is 11.5. The van der Waals surface area contributed by atoms with Crippen LogP contribution in [0.25, 0.3) is 0 Å². The third kappa shape index (κ3) is 2.01. The van der Waals surface area contributed by atoms with Crippen molar-refractivity contribution in [3.05, 3.63) is 0 Å². The Morgan fingerprint density at radius 1 is 1.53 bits per heavy atom. The average Bonchev–Trinajstić information content (AvgIpc) is 2.94. The predicted molar refractivity (Wildman–Crippen MR) is 53.5 cm³/mol. The van der Waals surface area contributed by atoms with Gasteiger partial charge in [-0.05, 0) is 33.1 Å². The second-order valence-electron chi connectivity index (χ2n) is 4.29. The molecule has 0 aliphatic carbocycles. The zero-order valence-corrected chi connectivity index (χ0v) is 9.32. The lowest BCUT2D eigenvalue weighted by atomic mass is 9.94. The van der Waals surface area contributed by atoms with Gasteiger partial charge in [-0.25, -0.2) is 4.79 Å². The van der Waals surface area contributed by atoms with E-state index in [9.17, 15) is 4.79 Å². The molecule has 4 heteroatoms. The van der Waals surface area contributed by atoms with Crippen molar-refractivity contribution in [2.75, 3.05) is 13.2 Å². The van der Waals surface area contributed by atoms with Crippen LogP contribution in [0.1, 0.15) is 33.1 Å². The number of carbonyl (C=O) groups excluding carboxylic acids is 1. The highest BCUT2D eigenvalue weighted by Gasteiger charge is 2.63. The van der Waals surface area contributed by atoms with Gasteiger partial charge in [-0.3, -0.25) is 0 Å². The van der Waals surface area contributed by atoms with Crippen molar-refractivity contribution in [2.24, 2.45) is 0 Å². The summed E-state index contributed by atoms with van der Waals surface area (Å²) in [5.41, 5.74) is -0.438. The van der Waals surface area contributed by atoms with Gasteiger partial charge in [0.25, 0.3) is 0 Å². The largest absolute Gasteiger partial charge is 0.464 e. The van der Waals surface area contributed by atoms with E-state index in [0.717, 1.165) is 25.9 Å². The lowest BCUT2D eigenvalue weighted by molar-refractivity contribution is -0.144. The van der Waals surface area contributed by atoms with Crippen molar-refractivity contribution in [2.45, 2.75) is 50.9 Å². The molecular formula is C11H18O4. The monoisotopic (exact) mass is 214 g/mol. The van der Waals surface area contributed by atoms with Gasteiger partial charge in [0.1, 0.15) is 5.60 Å². The summed E-state index contributed by atoms with van der Waals surface area (Å²) in [5, 5.41) is 0. The van der Waals surface area contributed by atoms with Crippen LogP contribution in [0.4, 0.5) is 0 Å². The number of rotatable bonds is 3. The summed E-state index contributed by atoms with van der Waals surface area (Å²) in [6, 6.07) is 0. The Labute approximate surface area is 89.9 Å². The zero-order valence-electron chi connectivity index (χ0n) is 9.32. The number of esters is 1. The quantitative estimate of drug-likeness (QED) is 0.524. The van der Waals surface area contributed by atoms with Crippen molar-refractivity contribution in [1.29, 1.82) is 0 Å². The van der Waals surface area contributed by atoms with Gasteiger partial charge in [0, 0.05) is 6.61 Å². The highest BCUT2D eigenvalue weighted by Crippen LogP contribution is 2.44. The standard InChI is InChI=1S/C11H18O4/c1-3-13-10(12)9-11(2,15-9)8-6-4-5-7-14-8/h8-9H,3-7H2,1-2H3. The maximum atomic E-state index is 11.5. The van der Waals surface area contributed by atoms with Crippen molar-refractivity contribution < 1.29 is 19.0 Å². The molecular weight excluding hydrogens is 196 g/mol. The predicted octanol–water partition coefficient (Wildman–Crippen LogP) is 1.28. The molecule has 2 aliphatic rings. The molecule has 0 saturated carbocycles. The van der Waals surface area contributed by atoms with Gasteiger partial charge in [0.15, 0.2) is 6.10 Å². The van der Waals surface area contributed by atoms with Gasteiger partial charge < -0.3 is 14.2 Å². The Bertz CT molecular complexity index is 247. The van der Waals surface area contributed by atoms with Crippen LogP contribution in [0.5, 0.6) is 0 Å². The van der Waals surface area contributed by atoms with Crippen LogP contribution in [-0.2, 0) is 19.0 Å². The van der Waals surface area contributed by atoms with Gasteiger partial charge in [-0.15, -0.1) is 0 Å². The fourth-order valence-electron chi connectivity index (χ4n) is 2.16. The van der Waals surface area contributed by atoms with Crippen molar-refractivity contribution in [1.82, 2.24) is 0 Å². The van der Waals surface area contributed by atoms with Gasteiger partial charge in [-0.1, -0.05) is 0 Å². The van der Waals surface area contributed by atoms with Crippen LogP contribution in [-0.4, -0.2) is 37.0 Å². The minimum absolute atomic E-state index is 0.0562. The molecule has 0 spiro atoms. The first kappa shape index (κ1) is 10.9. The van der Waals surface area contributed by atoms with Crippen LogP contribution >= 0.6 is 0 Å². The van der Waals surface area contributed by atoms with E-state index in [-0.39, 0.29) is 12.1 Å². The van der Waals surface area contributed by atoms with E-state index in [0.29, 0.717) is 6.61 Å². The summed E-state index contributed by atoms with van der Waals surface area (Å²) >= 11 is 0. The van der Waals surface area contributed by atoms with Crippen LogP contribution in [0.2, 0.25) is 0 Å². The molecule has 2 saturated heterocycles. The Balaban J connectivity index is 1.90. The minimum atomic E-state index is -0.438. The van der Waals surface area contributed by atoms with Gasteiger partial charge in [-0.2, -0.15) is 0 Å². The number of hydrogen-bond acceptors (Lipinski definition) is 4. The highest BCUT2D eigenvalue weighted by atomic mass is 16.7. The fourth-order valence-corrected chi connectivity index (χ4v) is 2.16. The van der Waals surface area contributed by atoms with Crippen LogP contribution < -0.4 is 0 Å². The molecule has 0 aromatic carbocycles. The molecule has 0 N–H and O–H groups in total. The van der Waals surface area contributed by atoms with E-state index < -0.39 is 11.7 Å². The summed E-state index contributed by atoms with van der Waals surface area (Å²) in [6.45, 7) is 4.92. The first-order valence-electron chi connectivity index (χ1n) is 5.64. The summed E-state index contributed by atoms with van der Waals surface area (Å²) in [4.78, 5) is 11.5. The second-order valence-corrected chi connectivity index (χ2v) is 4.29. The highest BCUT2D eigenvalue weighted by molar-refractivity contribution is 5.79. The molecule has 2 rings (SSSR count). The summed E-state index contributed by atoms with van der Waals surface area (Å²) < 4.78 is 16.0. The van der Waals surface area contributed by atoms with Gasteiger partial charge >= 0.3 is 5.97 Å². The molecule has 4 nitrogen and oxygen atoms in total. The first-order valence-corrected chi connectivity index (χ1v) is 5.64. The SMILES string of the molecule is CCOC(=O)C1OC1(C)C1CCCCO1. The normalized spacial score (nSPS) is 39.9. The minimum Gasteiger partial charge on any atom is -0.464 e. The van der Waals surface area contributed by atoms with Gasteiger partial charge in [0.05, 0.1) is 12.7 Å². The Morgan fingerprint density at radius 2 is 2.33 bits per heavy atom. The summed E-state index contributed by atoms with van der Waals surface area (Å²) in [5.74, 6) is -0.255.